The van der Waals surface area contributed by atoms with Crippen LogP contribution in [0.5, 0.6) is 0 Å². The second-order valence-corrected chi connectivity index (χ2v) is 4.32. The monoisotopic (exact) mass is 244 g/mol. The first-order chi connectivity index (χ1) is 8.04. The predicted molar refractivity (Wildman–Crippen MR) is 63.0 cm³/mol. The van der Waals surface area contributed by atoms with Crippen LogP contribution < -0.4 is 11.1 Å². The van der Waals surface area contributed by atoms with E-state index >= 15 is 0 Å². The summed E-state index contributed by atoms with van der Waals surface area (Å²) in [6.07, 6.45) is 0.843. The first-order valence-electron chi connectivity index (χ1n) is 5.61. The molecule has 4 N–H and O–H groups in total. The molecular formula is C10H20N4O3. The molecule has 1 saturated heterocycles. The van der Waals surface area contributed by atoms with Crippen LogP contribution in [0.4, 0.5) is 4.79 Å². The molecule has 2 atom stereocenters. The highest BCUT2D eigenvalue weighted by molar-refractivity contribution is 5.83. The van der Waals surface area contributed by atoms with Gasteiger partial charge in [0.1, 0.15) is 5.84 Å². The molecule has 1 aliphatic rings. The van der Waals surface area contributed by atoms with Gasteiger partial charge < -0.3 is 25.9 Å². The van der Waals surface area contributed by atoms with E-state index in [0.717, 1.165) is 6.42 Å². The lowest BCUT2D eigenvalue weighted by Gasteiger charge is -2.23. The van der Waals surface area contributed by atoms with Gasteiger partial charge in [0, 0.05) is 26.1 Å². The standard InChI is InChI=1S/C10H20N4O3/c1-7(9(11)13-16)5-14(2)10(15)12-8-3-4-17-6-8/h7-8,16H,3-6H2,1-2H3,(H2,11,13)(H,12,15). The topological polar surface area (TPSA) is 100 Å². The third-order valence-electron chi connectivity index (χ3n) is 2.77. The Labute approximate surface area is 101 Å². The maximum Gasteiger partial charge on any atom is 0.317 e. The van der Waals surface area contributed by atoms with Gasteiger partial charge in [0.05, 0.1) is 12.6 Å². The smallest absolute Gasteiger partial charge is 0.317 e. The molecule has 1 aliphatic heterocycles. The Kier molecular flexibility index (Phi) is 5.02. The molecule has 0 bridgehead atoms. The number of ether oxygens (including phenoxy) is 1. The third kappa shape index (κ3) is 4.10. The normalized spacial score (nSPS) is 22.2. The quantitative estimate of drug-likeness (QED) is 0.276. The zero-order valence-electron chi connectivity index (χ0n) is 10.2. The molecule has 0 saturated carbocycles. The Balaban J connectivity index is 2.35. The van der Waals surface area contributed by atoms with E-state index in [1.165, 1.54) is 4.90 Å². The van der Waals surface area contributed by atoms with Crippen molar-refractivity contribution in [3.63, 3.8) is 0 Å². The molecular weight excluding hydrogens is 224 g/mol. The highest BCUT2D eigenvalue weighted by Gasteiger charge is 2.21. The molecule has 0 radical (unpaired) electrons. The van der Waals surface area contributed by atoms with Crippen molar-refractivity contribution in [3.05, 3.63) is 0 Å². The van der Waals surface area contributed by atoms with E-state index in [1.807, 2.05) is 0 Å². The van der Waals surface area contributed by atoms with Crippen LogP contribution in [0.15, 0.2) is 5.16 Å². The van der Waals surface area contributed by atoms with E-state index in [1.54, 1.807) is 14.0 Å². The number of amides is 2. The molecule has 0 aromatic carbocycles. The molecule has 0 aromatic heterocycles. The fourth-order valence-corrected chi connectivity index (χ4v) is 1.62. The van der Waals surface area contributed by atoms with Gasteiger partial charge in [-0.3, -0.25) is 0 Å². The number of carbonyl (C=O) groups is 1. The lowest BCUT2D eigenvalue weighted by molar-refractivity contribution is 0.181. The van der Waals surface area contributed by atoms with Crippen LogP contribution in [0.2, 0.25) is 0 Å². The summed E-state index contributed by atoms with van der Waals surface area (Å²) in [6.45, 7) is 3.44. The maximum absolute atomic E-state index is 11.8. The SMILES string of the molecule is CC(CN(C)C(=O)NC1CCOC1)C(N)=NO. The fraction of sp³-hybridized carbons (Fsp3) is 0.800. The van der Waals surface area contributed by atoms with Crippen LogP contribution in [-0.2, 0) is 4.74 Å². The van der Waals surface area contributed by atoms with Crippen LogP contribution >= 0.6 is 0 Å². The first-order valence-corrected chi connectivity index (χ1v) is 5.61. The Bertz CT molecular complexity index is 289. The lowest BCUT2D eigenvalue weighted by atomic mass is 10.1. The van der Waals surface area contributed by atoms with Crippen molar-refractivity contribution in [1.29, 1.82) is 0 Å². The van der Waals surface area contributed by atoms with Gasteiger partial charge in [-0.15, -0.1) is 0 Å². The van der Waals surface area contributed by atoms with Crippen molar-refractivity contribution >= 4 is 11.9 Å². The summed E-state index contributed by atoms with van der Waals surface area (Å²) in [6, 6.07) is -0.0813. The summed E-state index contributed by atoms with van der Waals surface area (Å²) in [4.78, 5) is 13.3. The van der Waals surface area contributed by atoms with Gasteiger partial charge in [0.25, 0.3) is 0 Å². The molecule has 1 heterocycles. The Hall–Kier alpha value is -1.50. The molecule has 0 aliphatic carbocycles. The summed E-state index contributed by atoms with van der Waals surface area (Å²) in [7, 11) is 1.67. The van der Waals surface area contributed by atoms with E-state index in [4.69, 9.17) is 15.7 Å². The number of nitrogens with one attached hydrogen (secondary N) is 1. The number of urea groups is 1. The number of rotatable bonds is 4. The maximum atomic E-state index is 11.8. The van der Waals surface area contributed by atoms with Crippen LogP contribution in [-0.4, -0.2) is 54.8 Å². The van der Waals surface area contributed by atoms with E-state index < -0.39 is 0 Å². The number of oxime groups is 1. The molecule has 2 unspecified atom stereocenters. The lowest BCUT2D eigenvalue weighted by Crippen LogP contribution is -2.46. The summed E-state index contributed by atoms with van der Waals surface area (Å²) >= 11 is 0. The fourth-order valence-electron chi connectivity index (χ4n) is 1.62. The van der Waals surface area contributed by atoms with Crippen molar-refractivity contribution < 1.29 is 14.7 Å². The van der Waals surface area contributed by atoms with Crippen molar-refractivity contribution in [2.24, 2.45) is 16.8 Å². The van der Waals surface area contributed by atoms with E-state index in [-0.39, 0.29) is 23.8 Å². The summed E-state index contributed by atoms with van der Waals surface area (Å²) in [5.74, 6) is -0.0653. The molecule has 0 spiro atoms. The minimum Gasteiger partial charge on any atom is -0.409 e. The van der Waals surface area contributed by atoms with E-state index in [2.05, 4.69) is 10.5 Å². The van der Waals surface area contributed by atoms with Gasteiger partial charge in [0.15, 0.2) is 0 Å². The molecule has 0 aromatic rings. The Morgan fingerprint density at radius 2 is 2.47 bits per heavy atom. The van der Waals surface area contributed by atoms with E-state index in [9.17, 15) is 4.79 Å². The molecule has 2 amide bonds. The van der Waals surface area contributed by atoms with Crippen molar-refractivity contribution in [1.82, 2.24) is 10.2 Å². The van der Waals surface area contributed by atoms with Gasteiger partial charge in [0.2, 0.25) is 0 Å². The van der Waals surface area contributed by atoms with Crippen LogP contribution in [0.1, 0.15) is 13.3 Å². The second kappa shape index (κ2) is 6.29. The van der Waals surface area contributed by atoms with Gasteiger partial charge in [-0.05, 0) is 6.42 Å². The number of hydrogen-bond acceptors (Lipinski definition) is 4. The zero-order valence-corrected chi connectivity index (χ0v) is 10.2. The minimum absolute atomic E-state index is 0.0871. The molecule has 7 nitrogen and oxygen atoms in total. The second-order valence-electron chi connectivity index (χ2n) is 4.32. The number of hydrogen-bond donors (Lipinski definition) is 3. The van der Waals surface area contributed by atoms with Gasteiger partial charge >= 0.3 is 6.03 Å². The average Bonchev–Trinajstić information content (AvgIpc) is 2.80. The Morgan fingerprint density at radius 3 is 3.00 bits per heavy atom. The third-order valence-corrected chi connectivity index (χ3v) is 2.77. The molecule has 17 heavy (non-hydrogen) atoms. The number of nitrogens with two attached hydrogens (primary N) is 1. The van der Waals surface area contributed by atoms with Gasteiger partial charge in [-0.1, -0.05) is 12.1 Å². The summed E-state index contributed by atoms with van der Waals surface area (Å²) in [5, 5.41) is 14.3. The van der Waals surface area contributed by atoms with Gasteiger partial charge in [-0.25, -0.2) is 4.79 Å². The number of amidine groups is 1. The molecule has 98 valence electrons. The summed E-state index contributed by atoms with van der Waals surface area (Å²) < 4.78 is 5.17. The van der Waals surface area contributed by atoms with Crippen molar-refractivity contribution in [3.8, 4) is 0 Å². The molecule has 1 rings (SSSR count). The van der Waals surface area contributed by atoms with E-state index in [0.29, 0.717) is 19.8 Å². The average molecular weight is 244 g/mol. The van der Waals surface area contributed by atoms with Gasteiger partial charge in [-0.2, -0.15) is 0 Å². The molecule has 1 fully saturated rings. The minimum atomic E-state index is -0.185. The van der Waals surface area contributed by atoms with Crippen LogP contribution in [0.25, 0.3) is 0 Å². The highest BCUT2D eigenvalue weighted by atomic mass is 16.5. The van der Waals surface area contributed by atoms with Crippen molar-refractivity contribution in [2.45, 2.75) is 19.4 Å². The van der Waals surface area contributed by atoms with Crippen molar-refractivity contribution in [2.75, 3.05) is 26.8 Å². The van der Waals surface area contributed by atoms with Crippen LogP contribution in [0, 0.1) is 5.92 Å². The Morgan fingerprint density at radius 1 is 1.76 bits per heavy atom. The number of nitrogens with zero attached hydrogens (tertiary/aromatic N) is 2. The van der Waals surface area contributed by atoms with Crippen LogP contribution in [0.3, 0.4) is 0 Å². The largest absolute Gasteiger partial charge is 0.409 e. The first kappa shape index (κ1) is 13.6. The number of carbonyl (C=O) groups excluding carboxylic acids is 1. The molecule has 7 heteroatoms. The summed E-state index contributed by atoms with van der Waals surface area (Å²) in [5.41, 5.74) is 5.45. The highest BCUT2D eigenvalue weighted by Crippen LogP contribution is 2.05. The zero-order chi connectivity index (χ0) is 12.8. The predicted octanol–water partition coefficient (Wildman–Crippen LogP) is -0.201.